The number of nitrogens with one attached hydrogen (secondary N) is 1. The van der Waals surface area contributed by atoms with Gasteiger partial charge in [0.1, 0.15) is 0 Å². The number of aromatic nitrogens is 2. The third kappa shape index (κ3) is 3.08. The van der Waals surface area contributed by atoms with Crippen LogP contribution in [-0.4, -0.2) is 14.5 Å². The predicted octanol–water partition coefficient (Wildman–Crippen LogP) is 3.64. The van der Waals surface area contributed by atoms with E-state index in [1.165, 1.54) is 18.2 Å². The summed E-state index contributed by atoms with van der Waals surface area (Å²) in [7, 11) is 0. The zero-order chi connectivity index (χ0) is 14.7. The molecule has 0 amide bonds. The quantitative estimate of drug-likeness (QED) is 0.675. The Morgan fingerprint density at radius 1 is 1.50 bits per heavy atom. The minimum Gasteiger partial charge on any atom is -0.378 e. The number of hydrogen-bond donors (Lipinski definition) is 1. The van der Waals surface area contributed by atoms with Gasteiger partial charge in [0, 0.05) is 24.4 Å². The van der Waals surface area contributed by atoms with Crippen LogP contribution in [0, 0.1) is 10.1 Å². The molecule has 1 heterocycles. The van der Waals surface area contributed by atoms with E-state index in [0.717, 1.165) is 5.69 Å². The van der Waals surface area contributed by atoms with Gasteiger partial charge in [0.25, 0.3) is 5.69 Å². The number of imidazole rings is 1. The number of nitro benzene ring substituents is 1. The maximum atomic E-state index is 10.8. The lowest BCUT2D eigenvalue weighted by molar-refractivity contribution is -0.384. The van der Waals surface area contributed by atoms with Crippen LogP contribution in [0.5, 0.6) is 0 Å². The Morgan fingerprint density at radius 2 is 2.25 bits per heavy atom. The molecule has 0 bridgehead atoms. The third-order valence-electron chi connectivity index (χ3n) is 2.92. The molecule has 0 aliphatic carbocycles. The molecule has 0 fully saturated rings. The standard InChI is InChI=1S/C13H15ClN4O2/c1-9(2)17-8-15-6-11(17)7-16-13-5-10(18(19)20)3-4-12(13)14/h3-6,8-9,16H,7H2,1-2H3. The Morgan fingerprint density at radius 3 is 2.90 bits per heavy atom. The van der Waals surface area contributed by atoms with Gasteiger partial charge in [0.15, 0.2) is 0 Å². The molecule has 0 aliphatic heterocycles. The van der Waals surface area contributed by atoms with Crippen LogP contribution in [0.1, 0.15) is 25.6 Å². The number of nitro groups is 1. The highest BCUT2D eigenvalue weighted by atomic mass is 35.5. The summed E-state index contributed by atoms with van der Waals surface area (Å²) < 4.78 is 2.03. The van der Waals surface area contributed by atoms with E-state index in [1.807, 2.05) is 4.57 Å². The zero-order valence-corrected chi connectivity index (χ0v) is 12.0. The Labute approximate surface area is 121 Å². The molecule has 2 aromatic rings. The fourth-order valence-electron chi connectivity index (χ4n) is 1.88. The molecular formula is C13H15ClN4O2. The summed E-state index contributed by atoms with van der Waals surface area (Å²) in [6.07, 6.45) is 3.52. The highest BCUT2D eigenvalue weighted by molar-refractivity contribution is 6.33. The van der Waals surface area contributed by atoms with Gasteiger partial charge >= 0.3 is 0 Å². The van der Waals surface area contributed by atoms with Crippen LogP contribution in [0.15, 0.2) is 30.7 Å². The summed E-state index contributed by atoms with van der Waals surface area (Å²) in [5.74, 6) is 0. The summed E-state index contributed by atoms with van der Waals surface area (Å²) in [6, 6.07) is 4.63. The molecule has 2 rings (SSSR count). The van der Waals surface area contributed by atoms with Crippen molar-refractivity contribution in [3.05, 3.63) is 51.6 Å². The maximum Gasteiger partial charge on any atom is 0.271 e. The minimum absolute atomic E-state index is 0.00858. The molecule has 0 saturated carbocycles. The predicted molar refractivity (Wildman–Crippen MR) is 78.0 cm³/mol. The number of hydrogen-bond acceptors (Lipinski definition) is 4. The second kappa shape index (κ2) is 5.92. The summed E-state index contributed by atoms with van der Waals surface area (Å²) in [6.45, 7) is 4.62. The second-order valence-electron chi connectivity index (χ2n) is 4.66. The van der Waals surface area contributed by atoms with E-state index in [-0.39, 0.29) is 5.69 Å². The molecule has 106 valence electrons. The number of benzene rings is 1. The molecule has 0 spiro atoms. The molecule has 6 nitrogen and oxygen atoms in total. The van der Waals surface area contributed by atoms with Gasteiger partial charge in [-0.15, -0.1) is 0 Å². The van der Waals surface area contributed by atoms with Crippen molar-refractivity contribution in [2.45, 2.75) is 26.4 Å². The molecule has 7 heteroatoms. The molecule has 0 aliphatic rings. The molecule has 0 unspecified atom stereocenters. The molecule has 1 N–H and O–H groups in total. The zero-order valence-electron chi connectivity index (χ0n) is 11.2. The van der Waals surface area contributed by atoms with E-state index in [9.17, 15) is 10.1 Å². The average molecular weight is 295 g/mol. The number of halogens is 1. The first-order valence-corrected chi connectivity index (χ1v) is 6.55. The van der Waals surface area contributed by atoms with Gasteiger partial charge in [-0.05, 0) is 19.9 Å². The van der Waals surface area contributed by atoms with Crippen LogP contribution >= 0.6 is 11.6 Å². The summed E-state index contributed by atoms with van der Waals surface area (Å²) in [5, 5.41) is 14.3. The first-order valence-electron chi connectivity index (χ1n) is 6.17. The topological polar surface area (TPSA) is 73.0 Å². The van der Waals surface area contributed by atoms with Crippen LogP contribution in [0.4, 0.5) is 11.4 Å². The molecule has 1 aromatic heterocycles. The highest BCUT2D eigenvalue weighted by Gasteiger charge is 2.11. The summed E-state index contributed by atoms with van der Waals surface area (Å²) >= 11 is 6.04. The molecule has 0 atom stereocenters. The van der Waals surface area contributed by atoms with Crippen molar-refractivity contribution in [2.24, 2.45) is 0 Å². The largest absolute Gasteiger partial charge is 0.378 e. The van der Waals surface area contributed by atoms with Crippen LogP contribution in [-0.2, 0) is 6.54 Å². The van der Waals surface area contributed by atoms with Crippen LogP contribution < -0.4 is 5.32 Å². The van der Waals surface area contributed by atoms with Gasteiger partial charge in [-0.25, -0.2) is 4.98 Å². The Balaban J connectivity index is 2.16. The van der Waals surface area contributed by atoms with Crippen molar-refractivity contribution >= 4 is 23.0 Å². The SMILES string of the molecule is CC(C)n1cncc1CNc1cc([N+](=O)[O-])ccc1Cl. The second-order valence-corrected chi connectivity index (χ2v) is 5.07. The van der Waals surface area contributed by atoms with Crippen molar-refractivity contribution < 1.29 is 4.92 Å². The van der Waals surface area contributed by atoms with Gasteiger partial charge in [0.2, 0.25) is 0 Å². The lowest BCUT2D eigenvalue weighted by Crippen LogP contribution is -2.09. The molecule has 0 radical (unpaired) electrons. The number of non-ortho nitro benzene ring substituents is 1. The Hall–Kier alpha value is -2.08. The minimum atomic E-state index is -0.445. The van der Waals surface area contributed by atoms with E-state index >= 15 is 0 Å². The van der Waals surface area contributed by atoms with E-state index in [2.05, 4.69) is 24.1 Å². The van der Waals surface area contributed by atoms with Crippen LogP contribution in [0.25, 0.3) is 0 Å². The fraction of sp³-hybridized carbons (Fsp3) is 0.308. The van der Waals surface area contributed by atoms with Gasteiger partial charge in [0.05, 0.1) is 34.2 Å². The normalized spacial score (nSPS) is 10.8. The number of nitrogens with zero attached hydrogens (tertiary/aromatic N) is 3. The van der Waals surface area contributed by atoms with E-state index < -0.39 is 4.92 Å². The third-order valence-corrected chi connectivity index (χ3v) is 3.25. The van der Waals surface area contributed by atoms with Crippen molar-refractivity contribution in [1.82, 2.24) is 9.55 Å². The monoisotopic (exact) mass is 294 g/mol. The maximum absolute atomic E-state index is 10.8. The van der Waals surface area contributed by atoms with Crippen molar-refractivity contribution in [2.75, 3.05) is 5.32 Å². The van der Waals surface area contributed by atoms with Crippen molar-refractivity contribution in [3.63, 3.8) is 0 Å². The van der Waals surface area contributed by atoms with Gasteiger partial charge in [-0.2, -0.15) is 0 Å². The van der Waals surface area contributed by atoms with Crippen LogP contribution in [0.3, 0.4) is 0 Å². The van der Waals surface area contributed by atoms with Gasteiger partial charge < -0.3 is 9.88 Å². The highest BCUT2D eigenvalue weighted by Crippen LogP contribution is 2.27. The first-order chi connectivity index (χ1) is 9.49. The smallest absolute Gasteiger partial charge is 0.271 e. The van der Waals surface area contributed by atoms with Crippen LogP contribution in [0.2, 0.25) is 5.02 Å². The van der Waals surface area contributed by atoms with E-state index in [4.69, 9.17) is 11.6 Å². The molecule has 20 heavy (non-hydrogen) atoms. The Kier molecular flexibility index (Phi) is 4.24. The van der Waals surface area contributed by atoms with Gasteiger partial charge in [-0.1, -0.05) is 11.6 Å². The molecular weight excluding hydrogens is 280 g/mol. The van der Waals surface area contributed by atoms with Gasteiger partial charge in [-0.3, -0.25) is 10.1 Å². The summed E-state index contributed by atoms with van der Waals surface area (Å²) in [5.41, 5.74) is 1.54. The summed E-state index contributed by atoms with van der Waals surface area (Å²) in [4.78, 5) is 14.4. The number of anilines is 1. The Bertz CT molecular complexity index is 625. The first kappa shape index (κ1) is 14.3. The van der Waals surface area contributed by atoms with Crippen molar-refractivity contribution in [1.29, 1.82) is 0 Å². The van der Waals surface area contributed by atoms with E-state index in [0.29, 0.717) is 23.3 Å². The average Bonchev–Trinajstić information content (AvgIpc) is 2.86. The fourth-order valence-corrected chi connectivity index (χ4v) is 2.07. The lowest BCUT2D eigenvalue weighted by Gasteiger charge is -2.13. The van der Waals surface area contributed by atoms with E-state index in [1.54, 1.807) is 12.5 Å². The van der Waals surface area contributed by atoms with Crippen molar-refractivity contribution in [3.8, 4) is 0 Å². The number of rotatable bonds is 5. The molecule has 1 aromatic carbocycles. The lowest BCUT2D eigenvalue weighted by atomic mass is 10.2. The molecule has 0 saturated heterocycles.